The Morgan fingerprint density at radius 3 is 2.71 bits per heavy atom. The van der Waals surface area contributed by atoms with Gasteiger partial charge >= 0.3 is 0 Å². The summed E-state index contributed by atoms with van der Waals surface area (Å²) in [6.07, 6.45) is 1.11. The normalized spacial score (nSPS) is 11.3. The van der Waals surface area contributed by atoms with Crippen LogP contribution in [0.25, 0.3) is 10.9 Å². The molecule has 1 aromatic heterocycles. The Morgan fingerprint density at radius 2 is 2.00 bits per heavy atom. The lowest BCUT2D eigenvalue weighted by molar-refractivity contribution is 0.714. The maximum absolute atomic E-state index is 3.40. The van der Waals surface area contributed by atoms with E-state index in [0.717, 1.165) is 19.5 Å². The molecule has 2 aromatic rings. The van der Waals surface area contributed by atoms with Crippen molar-refractivity contribution in [2.45, 2.75) is 27.2 Å². The molecule has 0 aliphatic carbocycles. The number of nitrogens with one attached hydrogen (secondary N) is 1. The molecular formula is C15H22N2. The minimum absolute atomic E-state index is 1.04. The average molecular weight is 230 g/mol. The Hall–Kier alpha value is -1.28. The lowest BCUT2D eigenvalue weighted by Crippen LogP contribution is -2.16. The van der Waals surface area contributed by atoms with E-state index < -0.39 is 0 Å². The van der Waals surface area contributed by atoms with Gasteiger partial charge in [-0.1, -0.05) is 25.1 Å². The summed E-state index contributed by atoms with van der Waals surface area (Å²) < 4.78 is 2.33. The van der Waals surface area contributed by atoms with Crippen molar-refractivity contribution >= 4 is 10.9 Å². The molecule has 0 bridgehead atoms. The van der Waals surface area contributed by atoms with Crippen LogP contribution >= 0.6 is 0 Å². The molecule has 0 radical (unpaired) electrons. The number of likely N-dealkylation sites (N-methyl/N-ethyl adjacent to an activating group) is 1. The zero-order chi connectivity index (χ0) is 12.4. The lowest BCUT2D eigenvalue weighted by atomic mass is 10.1. The topological polar surface area (TPSA) is 17.0 Å². The first-order valence-corrected chi connectivity index (χ1v) is 6.41. The summed E-state index contributed by atoms with van der Waals surface area (Å²) in [5.74, 6) is 0. The van der Waals surface area contributed by atoms with Gasteiger partial charge in [0, 0.05) is 18.1 Å². The fourth-order valence-corrected chi connectivity index (χ4v) is 2.62. The summed E-state index contributed by atoms with van der Waals surface area (Å²) in [5.41, 5.74) is 5.64. The first-order chi connectivity index (χ1) is 8.16. The van der Waals surface area contributed by atoms with Crippen LogP contribution in [0.15, 0.2) is 18.2 Å². The van der Waals surface area contributed by atoms with Crippen molar-refractivity contribution in [2.75, 3.05) is 13.1 Å². The highest BCUT2D eigenvalue weighted by Gasteiger charge is 2.12. The molecule has 0 amide bonds. The van der Waals surface area contributed by atoms with Crippen molar-refractivity contribution in [2.24, 2.45) is 7.05 Å². The van der Waals surface area contributed by atoms with Crippen LogP contribution in [0.5, 0.6) is 0 Å². The Bertz CT molecular complexity index is 523. The van der Waals surface area contributed by atoms with Gasteiger partial charge in [-0.25, -0.2) is 0 Å². The van der Waals surface area contributed by atoms with Gasteiger partial charge in [0.15, 0.2) is 0 Å². The van der Waals surface area contributed by atoms with Crippen molar-refractivity contribution in [3.63, 3.8) is 0 Å². The number of fused-ring (bicyclic) bond motifs is 1. The number of nitrogens with zero attached hydrogens (tertiary/aromatic N) is 1. The van der Waals surface area contributed by atoms with Gasteiger partial charge in [-0.15, -0.1) is 0 Å². The van der Waals surface area contributed by atoms with E-state index in [1.165, 1.54) is 27.7 Å². The molecule has 0 fully saturated rings. The van der Waals surface area contributed by atoms with E-state index in [9.17, 15) is 0 Å². The third-order valence-corrected chi connectivity index (χ3v) is 3.64. The average Bonchev–Trinajstić information content (AvgIpc) is 2.55. The SMILES string of the molecule is CCNCCc1c(C)n(C)c2c(C)cccc12. The maximum atomic E-state index is 3.40. The number of aromatic nitrogens is 1. The van der Waals surface area contributed by atoms with Crippen LogP contribution in [0.1, 0.15) is 23.7 Å². The molecule has 1 heterocycles. The van der Waals surface area contributed by atoms with E-state index in [4.69, 9.17) is 0 Å². The third-order valence-electron chi connectivity index (χ3n) is 3.64. The number of aryl methyl sites for hydroxylation is 2. The predicted molar refractivity (Wildman–Crippen MR) is 74.6 cm³/mol. The molecule has 17 heavy (non-hydrogen) atoms. The van der Waals surface area contributed by atoms with Gasteiger partial charge < -0.3 is 9.88 Å². The highest BCUT2D eigenvalue weighted by molar-refractivity contribution is 5.88. The standard InChI is InChI=1S/C15H22N2/c1-5-16-10-9-13-12(3)17(4)15-11(2)7-6-8-14(13)15/h6-8,16H,5,9-10H2,1-4H3. The fourth-order valence-electron chi connectivity index (χ4n) is 2.62. The first kappa shape index (κ1) is 12.2. The van der Waals surface area contributed by atoms with E-state index in [1.807, 2.05) is 0 Å². The van der Waals surface area contributed by atoms with Crippen molar-refractivity contribution in [1.82, 2.24) is 9.88 Å². The van der Waals surface area contributed by atoms with Gasteiger partial charge in [0.05, 0.1) is 5.52 Å². The van der Waals surface area contributed by atoms with Crippen molar-refractivity contribution in [3.8, 4) is 0 Å². The van der Waals surface area contributed by atoms with Gasteiger partial charge in [0.25, 0.3) is 0 Å². The van der Waals surface area contributed by atoms with Crippen molar-refractivity contribution in [1.29, 1.82) is 0 Å². The number of benzene rings is 1. The summed E-state index contributed by atoms with van der Waals surface area (Å²) in [6, 6.07) is 6.60. The Morgan fingerprint density at radius 1 is 1.24 bits per heavy atom. The summed E-state index contributed by atoms with van der Waals surface area (Å²) in [6.45, 7) is 8.67. The van der Waals surface area contributed by atoms with E-state index in [-0.39, 0.29) is 0 Å². The summed E-state index contributed by atoms with van der Waals surface area (Å²) in [5, 5.41) is 4.82. The fraction of sp³-hybridized carbons (Fsp3) is 0.467. The van der Waals surface area contributed by atoms with Gasteiger partial charge in [-0.2, -0.15) is 0 Å². The lowest BCUT2D eigenvalue weighted by Gasteiger charge is -2.03. The number of hydrogen-bond donors (Lipinski definition) is 1. The van der Waals surface area contributed by atoms with E-state index >= 15 is 0 Å². The minimum atomic E-state index is 1.04. The molecule has 0 saturated carbocycles. The largest absolute Gasteiger partial charge is 0.347 e. The molecule has 2 nitrogen and oxygen atoms in total. The molecular weight excluding hydrogens is 208 g/mol. The molecule has 0 aliphatic heterocycles. The van der Waals surface area contributed by atoms with Gasteiger partial charge in [0.1, 0.15) is 0 Å². The molecule has 2 heteroatoms. The highest BCUT2D eigenvalue weighted by Crippen LogP contribution is 2.27. The Kier molecular flexibility index (Phi) is 3.53. The second kappa shape index (κ2) is 4.92. The smallest absolute Gasteiger partial charge is 0.0512 e. The molecule has 1 N–H and O–H groups in total. The Labute approximate surface area is 104 Å². The quantitative estimate of drug-likeness (QED) is 0.799. The van der Waals surface area contributed by atoms with E-state index in [2.05, 4.69) is 55.9 Å². The molecule has 0 unspecified atom stereocenters. The highest BCUT2D eigenvalue weighted by atomic mass is 14.9. The van der Waals surface area contributed by atoms with Crippen LogP contribution in [0.3, 0.4) is 0 Å². The third kappa shape index (κ3) is 2.09. The number of para-hydroxylation sites is 1. The molecule has 92 valence electrons. The second-order valence-electron chi connectivity index (χ2n) is 4.70. The molecule has 0 atom stereocenters. The summed E-state index contributed by atoms with van der Waals surface area (Å²) in [4.78, 5) is 0. The zero-order valence-electron chi connectivity index (χ0n) is 11.3. The van der Waals surface area contributed by atoms with Gasteiger partial charge in [0.2, 0.25) is 0 Å². The van der Waals surface area contributed by atoms with Gasteiger partial charge in [-0.05, 0) is 44.5 Å². The van der Waals surface area contributed by atoms with E-state index in [0.29, 0.717) is 0 Å². The summed E-state index contributed by atoms with van der Waals surface area (Å²) in [7, 11) is 2.17. The Balaban J connectivity index is 2.48. The number of hydrogen-bond acceptors (Lipinski definition) is 1. The molecule has 0 saturated heterocycles. The minimum Gasteiger partial charge on any atom is -0.347 e. The monoisotopic (exact) mass is 230 g/mol. The second-order valence-corrected chi connectivity index (χ2v) is 4.70. The maximum Gasteiger partial charge on any atom is 0.0512 e. The van der Waals surface area contributed by atoms with Crippen LogP contribution in [0.2, 0.25) is 0 Å². The first-order valence-electron chi connectivity index (χ1n) is 6.41. The van der Waals surface area contributed by atoms with E-state index in [1.54, 1.807) is 0 Å². The molecule has 1 aromatic carbocycles. The molecule has 0 aliphatic rings. The van der Waals surface area contributed by atoms with Crippen LogP contribution in [0, 0.1) is 13.8 Å². The zero-order valence-corrected chi connectivity index (χ0v) is 11.3. The van der Waals surface area contributed by atoms with Crippen LogP contribution in [-0.4, -0.2) is 17.7 Å². The van der Waals surface area contributed by atoms with Crippen molar-refractivity contribution in [3.05, 3.63) is 35.0 Å². The number of rotatable bonds is 4. The molecule has 2 rings (SSSR count). The predicted octanol–water partition coefficient (Wildman–Crippen LogP) is 2.95. The van der Waals surface area contributed by atoms with Crippen molar-refractivity contribution < 1.29 is 0 Å². The molecule has 0 spiro atoms. The van der Waals surface area contributed by atoms with Crippen LogP contribution < -0.4 is 5.32 Å². The summed E-state index contributed by atoms with van der Waals surface area (Å²) >= 11 is 0. The van der Waals surface area contributed by atoms with Gasteiger partial charge in [-0.3, -0.25) is 0 Å². The van der Waals surface area contributed by atoms with Crippen LogP contribution in [-0.2, 0) is 13.5 Å². The van der Waals surface area contributed by atoms with Crippen LogP contribution in [0.4, 0.5) is 0 Å².